The van der Waals surface area contributed by atoms with Crippen molar-refractivity contribution >= 4 is 17.9 Å². The average molecular weight is 1140 g/mol. The Morgan fingerprint density at radius 2 is 0.704 bits per heavy atom. The van der Waals surface area contributed by atoms with Crippen molar-refractivity contribution in [2.24, 2.45) is 0 Å². The van der Waals surface area contributed by atoms with Crippen LogP contribution in [0.5, 0.6) is 0 Å². The largest absolute Gasteiger partial charge is 0.477 e. The lowest BCUT2D eigenvalue weighted by Gasteiger charge is -2.25. The zero-order valence-corrected chi connectivity index (χ0v) is 53.4. The van der Waals surface area contributed by atoms with Gasteiger partial charge in [0.2, 0.25) is 0 Å². The number of esters is 2. The SMILES string of the molecule is CC/C=C\C/C=C\C/C=C\C/C=C\C/C=C\CCCCCCCCCC(=O)OC(COC(=O)CCCCCCCCCCCCCCCCCCCCCCC/C=C\C/C=C\CCCCCCC)COC(OCC[N+](C)(C)C)C(=O)O. The lowest BCUT2D eigenvalue weighted by atomic mass is 10.0. The van der Waals surface area contributed by atoms with Gasteiger partial charge in [0.15, 0.2) is 6.10 Å². The fourth-order valence-electron chi connectivity index (χ4n) is 9.48. The molecule has 468 valence electrons. The number of carbonyl (C=O) groups is 3. The summed E-state index contributed by atoms with van der Waals surface area (Å²) < 4.78 is 22.9. The molecular weight excluding hydrogens is 1010 g/mol. The maximum absolute atomic E-state index is 12.9. The van der Waals surface area contributed by atoms with E-state index in [2.05, 4.69) is 98.9 Å². The minimum Gasteiger partial charge on any atom is -0.477 e. The quantitative estimate of drug-likeness (QED) is 0.0211. The molecule has 9 heteroatoms. The van der Waals surface area contributed by atoms with Crippen LogP contribution < -0.4 is 0 Å². The molecule has 0 fully saturated rings. The van der Waals surface area contributed by atoms with Crippen molar-refractivity contribution in [3.63, 3.8) is 0 Å². The minimum atomic E-state index is -1.52. The number of unbranched alkanes of at least 4 members (excludes halogenated alkanes) is 33. The van der Waals surface area contributed by atoms with Crippen molar-refractivity contribution < 1.29 is 42.9 Å². The third-order valence-corrected chi connectivity index (χ3v) is 14.6. The van der Waals surface area contributed by atoms with Crippen LogP contribution in [-0.4, -0.2) is 87.4 Å². The third-order valence-electron chi connectivity index (χ3n) is 14.6. The topological polar surface area (TPSA) is 108 Å². The maximum atomic E-state index is 12.9. The molecule has 1 N–H and O–H groups in total. The first-order valence-electron chi connectivity index (χ1n) is 33.8. The number of likely N-dealkylation sites (N-methyl/N-ethyl adjacent to an activating group) is 1. The summed E-state index contributed by atoms with van der Waals surface area (Å²) in [6.07, 6.45) is 81.2. The number of carboxylic acids is 1. The van der Waals surface area contributed by atoms with Crippen molar-refractivity contribution in [2.75, 3.05) is 47.5 Å². The Morgan fingerprint density at radius 3 is 1.05 bits per heavy atom. The highest BCUT2D eigenvalue weighted by atomic mass is 16.7. The Balaban J connectivity index is 4.11. The molecule has 0 saturated carbocycles. The molecule has 0 amide bonds. The normalized spacial score (nSPS) is 13.2. The van der Waals surface area contributed by atoms with Crippen molar-refractivity contribution in [1.82, 2.24) is 0 Å². The molecule has 2 unspecified atom stereocenters. The lowest BCUT2D eigenvalue weighted by molar-refractivity contribution is -0.870. The summed E-state index contributed by atoms with van der Waals surface area (Å²) in [6, 6.07) is 0. The van der Waals surface area contributed by atoms with Gasteiger partial charge in [0.1, 0.15) is 13.2 Å². The number of quaternary nitrogens is 1. The van der Waals surface area contributed by atoms with Gasteiger partial charge in [0, 0.05) is 12.8 Å². The first-order chi connectivity index (χ1) is 39.6. The van der Waals surface area contributed by atoms with Crippen LogP contribution in [-0.2, 0) is 33.3 Å². The molecule has 0 aliphatic rings. The number of nitrogens with zero attached hydrogens (tertiary/aromatic N) is 1. The zero-order chi connectivity index (χ0) is 59.1. The molecule has 0 aromatic heterocycles. The predicted molar refractivity (Wildman–Crippen MR) is 346 cm³/mol. The highest BCUT2D eigenvalue weighted by molar-refractivity contribution is 5.71. The van der Waals surface area contributed by atoms with E-state index in [0.29, 0.717) is 23.9 Å². The molecule has 0 aliphatic carbocycles. The molecule has 0 rings (SSSR count). The number of carbonyl (C=O) groups excluding carboxylic acids is 2. The van der Waals surface area contributed by atoms with E-state index in [1.165, 1.54) is 180 Å². The highest BCUT2D eigenvalue weighted by Crippen LogP contribution is 2.17. The van der Waals surface area contributed by atoms with Crippen LogP contribution in [0.25, 0.3) is 0 Å². The van der Waals surface area contributed by atoms with Gasteiger partial charge in [-0.25, -0.2) is 4.79 Å². The summed E-state index contributed by atoms with van der Waals surface area (Å²) in [6.45, 7) is 4.77. The molecule has 0 radical (unpaired) electrons. The summed E-state index contributed by atoms with van der Waals surface area (Å²) in [5.41, 5.74) is 0. The Morgan fingerprint density at radius 1 is 0.383 bits per heavy atom. The van der Waals surface area contributed by atoms with E-state index < -0.39 is 24.3 Å². The van der Waals surface area contributed by atoms with Gasteiger partial charge in [0.05, 0.1) is 34.4 Å². The van der Waals surface area contributed by atoms with E-state index in [9.17, 15) is 19.5 Å². The molecule has 2 atom stereocenters. The second-order valence-electron chi connectivity index (χ2n) is 23.7. The Bertz CT molecular complexity index is 1600. The van der Waals surface area contributed by atoms with Gasteiger partial charge in [-0.15, -0.1) is 0 Å². The fourth-order valence-corrected chi connectivity index (χ4v) is 9.48. The lowest BCUT2D eigenvalue weighted by Crippen LogP contribution is -2.40. The second-order valence-corrected chi connectivity index (χ2v) is 23.7. The van der Waals surface area contributed by atoms with E-state index in [-0.39, 0.29) is 32.2 Å². The number of rotatable bonds is 62. The first-order valence-corrected chi connectivity index (χ1v) is 33.8. The van der Waals surface area contributed by atoms with Crippen LogP contribution in [0.2, 0.25) is 0 Å². The fraction of sp³-hybridized carbons (Fsp3) is 0.764. The monoisotopic (exact) mass is 1130 g/mol. The van der Waals surface area contributed by atoms with E-state index in [1.807, 2.05) is 21.1 Å². The smallest absolute Gasteiger partial charge is 0.361 e. The predicted octanol–water partition coefficient (Wildman–Crippen LogP) is 20.7. The number of hydrogen-bond acceptors (Lipinski definition) is 7. The molecule has 0 aromatic rings. The molecule has 9 nitrogen and oxygen atoms in total. The van der Waals surface area contributed by atoms with Crippen LogP contribution in [0, 0.1) is 0 Å². The number of hydrogen-bond donors (Lipinski definition) is 1. The zero-order valence-electron chi connectivity index (χ0n) is 53.4. The molecule has 81 heavy (non-hydrogen) atoms. The summed E-state index contributed by atoms with van der Waals surface area (Å²) in [7, 11) is 5.97. The maximum Gasteiger partial charge on any atom is 0.361 e. The van der Waals surface area contributed by atoms with E-state index in [1.54, 1.807) is 0 Å². The summed E-state index contributed by atoms with van der Waals surface area (Å²) in [5, 5.41) is 9.73. The van der Waals surface area contributed by atoms with Gasteiger partial charge < -0.3 is 28.5 Å². The summed E-state index contributed by atoms with van der Waals surface area (Å²) in [5.74, 6) is -2.01. The van der Waals surface area contributed by atoms with Crippen LogP contribution >= 0.6 is 0 Å². The molecule has 0 aliphatic heterocycles. The van der Waals surface area contributed by atoms with Crippen molar-refractivity contribution in [2.45, 2.75) is 309 Å². The number of ether oxygens (including phenoxy) is 4. The van der Waals surface area contributed by atoms with Crippen LogP contribution in [0.3, 0.4) is 0 Å². The van der Waals surface area contributed by atoms with Crippen molar-refractivity contribution in [3.05, 3.63) is 85.1 Å². The van der Waals surface area contributed by atoms with Crippen LogP contribution in [0.4, 0.5) is 0 Å². The number of carboxylic acid groups (broad SMARTS) is 1. The van der Waals surface area contributed by atoms with E-state index in [4.69, 9.17) is 18.9 Å². The van der Waals surface area contributed by atoms with Gasteiger partial charge in [-0.2, -0.15) is 0 Å². The molecule has 0 aromatic carbocycles. The Hall–Kier alpha value is -3.53. The van der Waals surface area contributed by atoms with Crippen LogP contribution in [0.15, 0.2) is 85.1 Å². The number of aliphatic carboxylic acids is 1. The Kier molecular flexibility index (Phi) is 59.8. The number of allylic oxidation sites excluding steroid dienone is 14. The molecule has 0 saturated heterocycles. The summed E-state index contributed by atoms with van der Waals surface area (Å²) in [4.78, 5) is 37.6. The Labute approximate surface area is 500 Å². The second kappa shape index (κ2) is 62.5. The first kappa shape index (κ1) is 77.5. The van der Waals surface area contributed by atoms with E-state index in [0.717, 1.165) is 83.5 Å². The van der Waals surface area contributed by atoms with Gasteiger partial charge in [0.25, 0.3) is 6.29 Å². The molecule has 0 heterocycles. The molecular formula is C72H128NO8+. The highest BCUT2D eigenvalue weighted by Gasteiger charge is 2.25. The van der Waals surface area contributed by atoms with Gasteiger partial charge in [-0.1, -0.05) is 279 Å². The van der Waals surface area contributed by atoms with Crippen LogP contribution in [0.1, 0.15) is 296 Å². The van der Waals surface area contributed by atoms with Gasteiger partial charge in [-0.3, -0.25) is 9.59 Å². The van der Waals surface area contributed by atoms with Gasteiger partial charge in [-0.05, 0) is 89.9 Å². The molecule has 0 bridgehead atoms. The summed E-state index contributed by atoms with van der Waals surface area (Å²) >= 11 is 0. The van der Waals surface area contributed by atoms with Gasteiger partial charge >= 0.3 is 17.9 Å². The average Bonchev–Trinajstić information content (AvgIpc) is 3.44. The molecule has 0 spiro atoms. The van der Waals surface area contributed by atoms with Crippen molar-refractivity contribution in [1.29, 1.82) is 0 Å². The minimum absolute atomic E-state index is 0.183. The van der Waals surface area contributed by atoms with E-state index >= 15 is 0 Å². The standard InChI is InChI=1S/C72H127NO8/c1-6-8-10-12-14-16-18-20-22-24-26-28-30-31-32-33-34-35-36-37-38-39-41-42-44-46-48-50-52-54-56-58-60-62-69(74)79-66-68(67-80-72(71(76)77)78-65-64-73(3,4)5)81-70(75)63-61-59-57-55-53-51-49-47-45-43-40-29-27-25-23-21-19-17-15-13-11-9-7-2/h9,11,15,17-18,20-21,23-24,26-27,29,43,45,68,72H,6-8,10,12-14,16,19,22,25,28,30-42,44,46-67H2,1-5H3/p+1/b11-9-,17-15-,20-18-,23-21-,26-24-,29-27-,45-43-. The van der Waals surface area contributed by atoms with Crippen molar-refractivity contribution in [3.8, 4) is 0 Å². The third kappa shape index (κ3) is 63.9.